The highest BCUT2D eigenvalue weighted by atomic mass is 16.6. The molecule has 3 N–H and O–H groups in total. The Hall–Kier alpha value is -2.25. The van der Waals surface area contributed by atoms with Crippen LogP contribution in [0.15, 0.2) is 24.3 Å². The van der Waals surface area contributed by atoms with Crippen molar-refractivity contribution in [3.8, 4) is 0 Å². The predicted molar refractivity (Wildman–Crippen MR) is 109 cm³/mol. The summed E-state index contributed by atoms with van der Waals surface area (Å²) < 4.78 is 5.13. The lowest BCUT2D eigenvalue weighted by molar-refractivity contribution is -0.131. The zero-order chi connectivity index (χ0) is 21.6. The van der Waals surface area contributed by atoms with Gasteiger partial charge in [-0.2, -0.15) is 0 Å². The highest BCUT2D eigenvalue weighted by Gasteiger charge is 2.54. The van der Waals surface area contributed by atoms with Crippen LogP contribution in [0.25, 0.3) is 0 Å². The van der Waals surface area contributed by atoms with Crippen LogP contribution in [0.3, 0.4) is 0 Å². The molecule has 0 aromatic heterocycles. The van der Waals surface area contributed by atoms with E-state index in [4.69, 9.17) is 4.74 Å². The molecule has 29 heavy (non-hydrogen) atoms. The van der Waals surface area contributed by atoms with Gasteiger partial charge in [0.05, 0.1) is 25.8 Å². The lowest BCUT2D eigenvalue weighted by Crippen LogP contribution is -2.51. The number of Topliss-reactive ketones (excluding diaryl/α,β-unsaturated/α-hetero) is 1. The molecule has 0 bridgehead atoms. The Labute approximate surface area is 172 Å². The smallest absolute Gasteiger partial charge is 0.251 e. The van der Waals surface area contributed by atoms with E-state index < -0.39 is 24.2 Å². The zero-order valence-electron chi connectivity index (χ0n) is 17.7. The fourth-order valence-corrected chi connectivity index (χ4v) is 3.24. The molecule has 0 radical (unpaired) electrons. The molecule has 1 aliphatic heterocycles. The number of rotatable bonds is 11. The Morgan fingerprint density at radius 2 is 1.86 bits per heavy atom. The third-order valence-electron chi connectivity index (χ3n) is 4.80. The van der Waals surface area contributed by atoms with Crippen molar-refractivity contribution in [2.75, 3.05) is 19.8 Å². The maximum Gasteiger partial charge on any atom is 0.251 e. The summed E-state index contributed by atoms with van der Waals surface area (Å²) in [7, 11) is 0. The first-order valence-electron chi connectivity index (χ1n) is 10.1. The molecule has 1 aliphatic rings. The number of carbonyl (C=O) groups is 3. The molecule has 1 aromatic carbocycles. The van der Waals surface area contributed by atoms with Crippen molar-refractivity contribution < 1.29 is 24.2 Å². The van der Waals surface area contributed by atoms with Crippen LogP contribution >= 0.6 is 0 Å². The number of ketones is 1. The number of aliphatic hydroxyl groups is 1. The average Bonchev–Trinajstić information content (AvgIpc) is 3.45. The number of ether oxygens (including phenoxy) is 1. The van der Waals surface area contributed by atoms with Crippen molar-refractivity contribution in [2.45, 2.75) is 52.2 Å². The Morgan fingerprint density at radius 1 is 1.17 bits per heavy atom. The first-order chi connectivity index (χ1) is 13.7. The molecule has 1 fully saturated rings. The topological polar surface area (TPSA) is 108 Å². The molecule has 1 saturated heterocycles. The molecule has 7 heteroatoms. The first-order valence-corrected chi connectivity index (χ1v) is 10.1. The second kappa shape index (κ2) is 9.98. The number of epoxide rings is 1. The van der Waals surface area contributed by atoms with Gasteiger partial charge < -0.3 is 20.5 Å². The summed E-state index contributed by atoms with van der Waals surface area (Å²) in [6.07, 6.45) is 1.30. The second-order valence-corrected chi connectivity index (χ2v) is 8.54. The fourth-order valence-electron chi connectivity index (χ4n) is 3.24. The molecule has 0 spiro atoms. The third kappa shape index (κ3) is 6.65. The number of benzene rings is 1. The van der Waals surface area contributed by atoms with Gasteiger partial charge in [-0.15, -0.1) is 0 Å². The van der Waals surface area contributed by atoms with E-state index in [-0.39, 0.29) is 30.8 Å². The van der Waals surface area contributed by atoms with Gasteiger partial charge in [-0.05, 0) is 42.4 Å². The Balaban J connectivity index is 1.93. The molecule has 7 nitrogen and oxygen atoms in total. The number of hydrogen-bond acceptors (Lipinski definition) is 5. The summed E-state index contributed by atoms with van der Waals surface area (Å²) in [6, 6.07) is 6.57. The number of amides is 2. The van der Waals surface area contributed by atoms with E-state index in [0.717, 1.165) is 12.0 Å². The summed E-state index contributed by atoms with van der Waals surface area (Å²) in [5.74, 6) is -0.474. The van der Waals surface area contributed by atoms with Crippen LogP contribution in [0, 0.1) is 11.8 Å². The van der Waals surface area contributed by atoms with Gasteiger partial charge in [-0.1, -0.05) is 39.8 Å². The number of hydrogen-bond donors (Lipinski definition) is 3. The van der Waals surface area contributed by atoms with Crippen molar-refractivity contribution >= 4 is 17.6 Å². The first kappa shape index (κ1) is 23.0. The van der Waals surface area contributed by atoms with Crippen molar-refractivity contribution in [3.05, 3.63) is 35.4 Å². The van der Waals surface area contributed by atoms with E-state index >= 15 is 0 Å². The van der Waals surface area contributed by atoms with E-state index in [1.165, 1.54) is 0 Å². The molecular weight excluding hydrogens is 372 g/mol. The number of aliphatic hydroxyl groups excluding tert-OH is 1. The molecule has 0 aliphatic carbocycles. The zero-order valence-corrected chi connectivity index (χ0v) is 17.7. The minimum Gasteiger partial charge on any atom is -0.393 e. The monoisotopic (exact) mass is 404 g/mol. The van der Waals surface area contributed by atoms with Gasteiger partial charge >= 0.3 is 0 Å². The van der Waals surface area contributed by atoms with Crippen LogP contribution in [0.2, 0.25) is 0 Å². The molecule has 2 rings (SSSR count). The predicted octanol–water partition coefficient (Wildman–Crippen LogP) is 1.48. The maximum absolute atomic E-state index is 12.6. The van der Waals surface area contributed by atoms with Crippen LogP contribution in [0.4, 0.5) is 0 Å². The van der Waals surface area contributed by atoms with Gasteiger partial charge in [0.15, 0.2) is 11.4 Å². The van der Waals surface area contributed by atoms with Gasteiger partial charge in [0.25, 0.3) is 5.91 Å². The van der Waals surface area contributed by atoms with Gasteiger partial charge in [0.2, 0.25) is 5.91 Å². The second-order valence-electron chi connectivity index (χ2n) is 8.54. The SMILES string of the molecule is CC(C)Cc1cccc(C(=O)NCC(=O)N[C@@H](CC(C)C)C(=O)[C@@]2(CO)CO2)c1. The Kier molecular flexibility index (Phi) is 7.93. The quantitative estimate of drug-likeness (QED) is 0.484. The normalized spacial score (nSPS) is 19.1. The van der Waals surface area contributed by atoms with E-state index in [1.807, 2.05) is 32.0 Å². The number of nitrogens with one attached hydrogen (secondary N) is 2. The fraction of sp³-hybridized carbons (Fsp3) is 0.591. The van der Waals surface area contributed by atoms with Gasteiger partial charge in [0, 0.05) is 5.56 Å². The van der Waals surface area contributed by atoms with Crippen LogP contribution in [-0.2, 0) is 20.7 Å². The van der Waals surface area contributed by atoms with Crippen LogP contribution in [-0.4, -0.2) is 54.1 Å². The molecule has 2 atom stereocenters. The number of carbonyl (C=O) groups excluding carboxylic acids is 3. The molecule has 160 valence electrons. The maximum atomic E-state index is 12.6. The molecule has 1 aromatic rings. The lowest BCUT2D eigenvalue weighted by Gasteiger charge is -2.22. The summed E-state index contributed by atoms with van der Waals surface area (Å²) in [4.78, 5) is 37.4. The van der Waals surface area contributed by atoms with Crippen molar-refractivity contribution in [2.24, 2.45) is 11.8 Å². The van der Waals surface area contributed by atoms with Crippen LogP contribution in [0.1, 0.15) is 50.0 Å². The summed E-state index contributed by atoms with van der Waals surface area (Å²) in [5, 5.41) is 14.7. The largest absolute Gasteiger partial charge is 0.393 e. The van der Waals surface area contributed by atoms with Crippen molar-refractivity contribution in [1.82, 2.24) is 10.6 Å². The van der Waals surface area contributed by atoms with E-state index in [2.05, 4.69) is 24.5 Å². The van der Waals surface area contributed by atoms with E-state index in [9.17, 15) is 19.5 Å². The van der Waals surface area contributed by atoms with E-state index in [0.29, 0.717) is 17.9 Å². The van der Waals surface area contributed by atoms with Gasteiger partial charge in [-0.3, -0.25) is 14.4 Å². The summed E-state index contributed by atoms with van der Waals surface area (Å²) in [6.45, 7) is 7.63. The highest BCUT2D eigenvalue weighted by Crippen LogP contribution is 2.29. The summed E-state index contributed by atoms with van der Waals surface area (Å²) >= 11 is 0. The average molecular weight is 405 g/mol. The van der Waals surface area contributed by atoms with E-state index in [1.54, 1.807) is 6.07 Å². The highest BCUT2D eigenvalue weighted by molar-refractivity contribution is 5.99. The molecule has 2 amide bonds. The summed E-state index contributed by atoms with van der Waals surface area (Å²) in [5.41, 5.74) is 0.377. The molecule has 0 saturated carbocycles. The standard InChI is InChI=1S/C22H32N2O5/c1-14(2)8-16-6-5-7-17(10-16)21(28)23-11-19(26)24-18(9-15(3)4)20(27)22(12-25)13-29-22/h5-7,10,14-15,18,25H,8-9,11-13H2,1-4H3,(H,23,28)(H,24,26)/t18-,22+/m0/s1. The van der Waals surface area contributed by atoms with Crippen LogP contribution < -0.4 is 10.6 Å². The molecule has 0 unspecified atom stereocenters. The minimum atomic E-state index is -1.19. The van der Waals surface area contributed by atoms with Gasteiger partial charge in [0.1, 0.15) is 0 Å². The minimum absolute atomic E-state index is 0.163. The third-order valence-corrected chi connectivity index (χ3v) is 4.80. The Bertz CT molecular complexity index is 740. The Morgan fingerprint density at radius 3 is 2.41 bits per heavy atom. The lowest BCUT2D eigenvalue weighted by atomic mass is 9.93. The van der Waals surface area contributed by atoms with Crippen LogP contribution in [0.5, 0.6) is 0 Å². The van der Waals surface area contributed by atoms with Gasteiger partial charge in [-0.25, -0.2) is 0 Å². The molecular formula is C22H32N2O5. The van der Waals surface area contributed by atoms with Crippen molar-refractivity contribution in [3.63, 3.8) is 0 Å². The molecule has 1 heterocycles. The van der Waals surface area contributed by atoms with Crippen molar-refractivity contribution in [1.29, 1.82) is 0 Å².